The van der Waals surface area contributed by atoms with Gasteiger partial charge in [-0.05, 0) is 43.3 Å². The van der Waals surface area contributed by atoms with Crippen molar-refractivity contribution >= 4 is 28.9 Å². The number of carboxylic acids is 1. The number of alkyl halides is 3. The van der Waals surface area contributed by atoms with Crippen molar-refractivity contribution in [2.45, 2.75) is 31.5 Å². The zero-order valence-electron chi connectivity index (χ0n) is 21.3. The molecular formula is C29H24F3N3O5. The number of halogens is 3. The summed E-state index contributed by atoms with van der Waals surface area (Å²) in [6.45, 7) is 2.28. The summed E-state index contributed by atoms with van der Waals surface area (Å²) in [5.41, 5.74) is 2.80. The van der Waals surface area contributed by atoms with Gasteiger partial charge in [-0.15, -0.1) is 0 Å². The van der Waals surface area contributed by atoms with Gasteiger partial charge in [0, 0.05) is 41.0 Å². The van der Waals surface area contributed by atoms with Gasteiger partial charge in [-0.25, -0.2) is 0 Å². The van der Waals surface area contributed by atoms with Crippen LogP contribution in [0.5, 0.6) is 11.5 Å². The number of carbonyl (C=O) groups excluding carboxylic acids is 1. The van der Waals surface area contributed by atoms with Gasteiger partial charge in [0.15, 0.2) is 0 Å². The first-order valence-corrected chi connectivity index (χ1v) is 12.5. The molecule has 0 radical (unpaired) electrons. The Balaban J connectivity index is 1.54. The van der Waals surface area contributed by atoms with E-state index in [1.165, 1.54) is 18.2 Å². The molecule has 0 unspecified atom stereocenters. The number of ether oxygens (including phenoxy) is 2. The first-order valence-electron chi connectivity index (χ1n) is 12.5. The second-order valence-corrected chi connectivity index (χ2v) is 9.43. The minimum Gasteiger partial charge on any atom is -0.493 e. The van der Waals surface area contributed by atoms with Crippen LogP contribution >= 0.6 is 0 Å². The molecule has 5 rings (SSSR count). The molecule has 206 valence electrons. The van der Waals surface area contributed by atoms with Gasteiger partial charge in [-0.3, -0.25) is 14.5 Å². The maximum Gasteiger partial charge on any atom is 0.471 e. The molecular weight excluding hydrogens is 527 g/mol. The van der Waals surface area contributed by atoms with E-state index in [1.807, 2.05) is 11.8 Å². The lowest BCUT2D eigenvalue weighted by Gasteiger charge is -2.30. The van der Waals surface area contributed by atoms with Crippen LogP contribution in [-0.4, -0.2) is 42.9 Å². The van der Waals surface area contributed by atoms with Crippen molar-refractivity contribution in [2.24, 2.45) is 0 Å². The number of carbonyl (C=O) groups is 2. The Morgan fingerprint density at radius 1 is 1.02 bits per heavy atom. The number of hydrogen-bond acceptors (Lipinski definition) is 6. The predicted octanol–water partition coefficient (Wildman–Crippen LogP) is 5.70. The lowest BCUT2D eigenvalue weighted by Crippen LogP contribution is -2.44. The van der Waals surface area contributed by atoms with Crippen LogP contribution in [0.1, 0.15) is 42.0 Å². The average molecular weight is 552 g/mol. The van der Waals surface area contributed by atoms with E-state index in [1.54, 1.807) is 42.5 Å². The van der Waals surface area contributed by atoms with E-state index in [-0.39, 0.29) is 31.1 Å². The van der Waals surface area contributed by atoms with Gasteiger partial charge in [-0.1, -0.05) is 18.2 Å². The molecule has 3 aromatic carbocycles. The summed E-state index contributed by atoms with van der Waals surface area (Å²) in [6.07, 6.45) is -5.35. The van der Waals surface area contributed by atoms with Crippen LogP contribution in [-0.2, 0) is 9.59 Å². The highest BCUT2D eigenvalue weighted by Gasteiger charge is 2.48. The van der Waals surface area contributed by atoms with Crippen LogP contribution in [0.15, 0.2) is 60.7 Å². The third-order valence-electron chi connectivity index (χ3n) is 7.03. The lowest BCUT2D eigenvalue weighted by atomic mass is 9.97. The van der Waals surface area contributed by atoms with Crippen LogP contribution in [0, 0.1) is 11.3 Å². The number of aliphatic carboxylic acids is 1. The molecule has 0 aromatic heterocycles. The van der Waals surface area contributed by atoms with Crippen LogP contribution in [0.4, 0.5) is 30.2 Å². The standard InChI is InChI=1S/C29H24F3N3O5/c1-2-34(19-8-6-17(14-33)7-9-19)23-5-3-4-22-24(16-40-27(22)23)35(28(38)29(30,31)32)20-10-11-21-18(12-26(36)37)15-39-25(21)13-20/h3-11,13,18,24H,2,12,15-16H2,1H3,(H,36,37)/t18-,24-/m1/s1. The highest BCUT2D eigenvalue weighted by atomic mass is 19.4. The van der Waals surface area contributed by atoms with Crippen molar-refractivity contribution in [2.75, 3.05) is 29.6 Å². The maximum absolute atomic E-state index is 13.9. The summed E-state index contributed by atoms with van der Waals surface area (Å²) in [7, 11) is 0. The highest BCUT2D eigenvalue weighted by molar-refractivity contribution is 5.98. The number of rotatable bonds is 7. The maximum atomic E-state index is 13.9. The number of amides is 1. The Kier molecular flexibility index (Phi) is 7.02. The number of anilines is 3. The number of nitriles is 1. The van der Waals surface area contributed by atoms with E-state index in [2.05, 4.69) is 6.07 Å². The fourth-order valence-electron chi connectivity index (χ4n) is 5.22. The molecule has 0 bridgehead atoms. The minimum atomic E-state index is -5.16. The summed E-state index contributed by atoms with van der Waals surface area (Å²) in [4.78, 5) is 26.6. The Morgan fingerprint density at radius 2 is 1.75 bits per heavy atom. The Morgan fingerprint density at radius 3 is 2.40 bits per heavy atom. The van der Waals surface area contributed by atoms with Gasteiger partial charge in [-0.2, -0.15) is 18.4 Å². The Hall–Kier alpha value is -4.72. The van der Waals surface area contributed by atoms with Gasteiger partial charge < -0.3 is 19.5 Å². The van der Waals surface area contributed by atoms with Crippen LogP contribution < -0.4 is 19.3 Å². The Labute approximate surface area is 227 Å². The van der Waals surface area contributed by atoms with Crippen LogP contribution in [0.3, 0.4) is 0 Å². The van der Waals surface area contributed by atoms with Gasteiger partial charge >= 0.3 is 18.1 Å². The molecule has 0 spiro atoms. The van der Waals surface area contributed by atoms with Gasteiger partial charge in [0.2, 0.25) is 0 Å². The summed E-state index contributed by atoms with van der Waals surface area (Å²) >= 11 is 0. The number of para-hydroxylation sites is 1. The molecule has 1 N–H and O–H groups in total. The molecule has 2 aliphatic heterocycles. The molecule has 11 heteroatoms. The van der Waals surface area contributed by atoms with Crippen LogP contribution in [0.2, 0.25) is 0 Å². The topological polar surface area (TPSA) is 103 Å². The average Bonchev–Trinajstić information content (AvgIpc) is 3.53. The third-order valence-corrected chi connectivity index (χ3v) is 7.03. The summed E-state index contributed by atoms with van der Waals surface area (Å²) in [6, 6.07) is 17.2. The molecule has 2 atom stereocenters. The van der Waals surface area contributed by atoms with Gasteiger partial charge in [0.25, 0.3) is 0 Å². The number of benzene rings is 3. The zero-order valence-corrected chi connectivity index (χ0v) is 21.3. The zero-order chi connectivity index (χ0) is 28.6. The van der Waals surface area contributed by atoms with Crippen molar-refractivity contribution in [1.82, 2.24) is 0 Å². The van der Waals surface area contributed by atoms with Crippen molar-refractivity contribution in [3.8, 4) is 17.6 Å². The van der Waals surface area contributed by atoms with Gasteiger partial charge in [0.05, 0.1) is 36.4 Å². The van der Waals surface area contributed by atoms with Crippen LogP contribution in [0.25, 0.3) is 0 Å². The Bertz CT molecular complexity index is 1500. The normalized spacial score (nSPS) is 17.2. The predicted molar refractivity (Wildman–Crippen MR) is 139 cm³/mol. The summed E-state index contributed by atoms with van der Waals surface area (Å²) < 4.78 is 53.2. The van der Waals surface area contributed by atoms with Crippen molar-refractivity contribution in [1.29, 1.82) is 5.26 Å². The van der Waals surface area contributed by atoms with E-state index < -0.39 is 30.0 Å². The first-order chi connectivity index (χ1) is 19.1. The summed E-state index contributed by atoms with van der Waals surface area (Å²) in [5, 5.41) is 18.3. The van der Waals surface area contributed by atoms with Gasteiger partial charge in [0.1, 0.15) is 18.1 Å². The molecule has 40 heavy (non-hydrogen) atoms. The smallest absolute Gasteiger partial charge is 0.471 e. The molecule has 0 fully saturated rings. The molecule has 0 saturated heterocycles. The SMILES string of the molecule is CCN(c1ccc(C#N)cc1)c1cccc2c1OC[C@H]2N(C(=O)C(F)(F)F)c1ccc2c(c1)OC[C@H]2CC(=O)O. The highest BCUT2D eigenvalue weighted by Crippen LogP contribution is 2.48. The fourth-order valence-corrected chi connectivity index (χ4v) is 5.22. The second kappa shape index (κ2) is 10.4. The monoisotopic (exact) mass is 551 g/mol. The molecule has 8 nitrogen and oxygen atoms in total. The van der Waals surface area contributed by atoms with E-state index in [0.717, 1.165) is 5.69 Å². The first kappa shape index (κ1) is 26.9. The quantitative estimate of drug-likeness (QED) is 0.402. The molecule has 0 saturated carbocycles. The van der Waals surface area contributed by atoms with E-state index >= 15 is 0 Å². The molecule has 1 amide bonds. The number of carboxylic acid groups (broad SMARTS) is 1. The van der Waals surface area contributed by atoms with Crippen molar-refractivity contribution < 1.29 is 37.3 Å². The number of hydrogen-bond donors (Lipinski definition) is 1. The molecule has 3 aromatic rings. The molecule has 2 heterocycles. The third kappa shape index (κ3) is 4.88. The van der Waals surface area contributed by atoms with Crippen molar-refractivity contribution in [3.63, 3.8) is 0 Å². The molecule has 0 aliphatic carbocycles. The van der Waals surface area contributed by atoms with E-state index in [4.69, 9.17) is 19.8 Å². The van der Waals surface area contributed by atoms with E-state index in [9.17, 15) is 22.8 Å². The summed E-state index contributed by atoms with van der Waals surface area (Å²) in [5.74, 6) is -2.91. The van der Waals surface area contributed by atoms with E-state index in [0.29, 0.717) is 39.6 Å². The second-order valence-electron chi connectivity index (χ2n) is 9.43. The lowest BCUT2D eigenvalue weighted by molar-refractivity contribution is -0.171. The van der Waals surface area contributed by atoms with Crippen molar-refractivity contribution in [3.05, 3.63) is 77.4 Å². The molecule has 2 aliphatic rings. The fraction of sp³-hybridized carbons (Fsp3) is 0.276. The largest absolute Gasteiger partial charge is 0.493 e. The number of nitrogens with zero attached hydrogens (tertiary/aromatic N) is 3. The number of fused-ring (bicyclic) bond motifs is 2. The minimum absolute atomic E-state index is 0.0386.